The van der Waals surface area contributed by atoms with Gasteiger partial charge in [-0.1, -0.05) is 30.3 Å². The van der Waals surface area contributed by atoms with E-state index >= 15 is 0 Å². The van der Waals surface area contributed by atoms with Gasteiger partial charge in [-0.2, -0.15) is 8.78 Å². The Morgan fingerprint density at radius 2 is 1.38 bits per heavy atom. The second-order valence-corrected chi connectivity index (χ2v) is 4.79. The van der Waals surface area contributed by atoms with Crippen LogP contribution in [0.15, 0.2) is 30.3 Å². The molecular weight excluding hydrogens is 365 g/mol. The maximum absolute atomic E-state index is 13.4. The Hall–Kier alpha value is -3.17. The third-order valence-electron chi connectivity index (χ3n) is 2.98. The number of esters is 1. The summed E-state index contributed by atoms with van der Waals surface area (Å²) in [7, 11) is 0. The number of alkyl carbamates (subject to hydrolysis) is 1. The maximum atomic E-state index is 13.4. The van der Waals surface area contributed by atoms with E-state index in [4.69, 9.17) is 4.74 Å². The molecule has 10 heteroatoms. The highest BCUT2D eigenvalue weighted by Gasteiger charge is 2.28. The molecule has 0 saturated carbocycles. The lowest BCUT2D eigenvalue weighted by atomic mass is 10.2. The van der Waals surface area contributed by atoms with Crippen molar-refractivity contribution >= 4 is 12.1 Å². The standard InChI is InChI=1S/C16H10F5NO4/c17-10-11(18)13(20)15(14(21)12(10)19)26-9(23)6-22-16(24)25-7-8-4-2-1-3-5-8/h1-5H,6-7H2,(H,22,24). The van der Waals surface area contributed by atoms with Crippen LogP contribution in [0.4, 0.5) is 26.7 Å². The first-order chi connectivity index (χ1) is 12.3. The lowest BCUT2D eigenvalue weighted by Crippen LogP contribution is -2.32. The number of carbonyl (C=O) groups excluding carboxylic acids is 2. The summed E-state index contributed by atoms with van der Waals surface area (Å²) in [4.78, 5) is 22.8. The number of rotatable bonds is 5. The molecule has 2 rings (SSSR count). The number of amides is 1. The molecule has 26 heavy (non-hydrogen) atoms. The highest BCUT2D eigenvalue weighted by Crippen LogP contribution is 2.29. The van der Waals surface area contributed by atoms with Gasteiger partial charge < -0.3 is 14.8 Å². The number of nitrogens with one attached hydrogen (secondary N) is 1. The summed E-state index contributed by atoms with van der Waals surface area (Å²) in [6, 6.07) is 8.50. The predicted molar refractivity (Wildman–Crippen MR) is 76.5 cm³/mol. The molecular formula is C16H10F5NO4. The molecule has 0 atom stereocenters. The first-order valence-electron chi connectivity index (χ1n) is 6.98. The SMILES string of the molecule is O=C(CNC(=O)OCc1ccccc1)Oc1c(F)c(F)c(F)c(F)c1F. The normalized spacial score (nSPS) is 10.3. The van der Waals surface area contributed by atoms with Crippen LogP contribution in [-0.4, -0.2) is 18.6 Å². The summed E-state index contributed by atoms with van der Waals surface area (Å²) >= 11 is 0. The zero-order valence-corrected chi connectivity index (χ0v) is 12.8. The van der Waals surface area contributed by atoms with Gasteiger partial charge in [-0.15, -0.1) is 0 Å². The lowest BCUT2D eigenvalue weighted by molar-refractivity contribution is -0.133. The molecule has 0 aromatic heterocycles. The van der Waals surface area contributed by atoms with E-state index in [1.165, 1.54) is 0 Å². The quantitative estimate of drug-likeness (QED) is 0.287. The summed E-state index contributed by atoms with van der Waals surface area (Å²) in [5, 5.41) is 1.91. The minimum absolute atomic E-state index is 0.112. The zero-order chi connectivity index (χ0) is 19.3. The first-order valence-corrected chi connectivity index (χ1v) is 6.98. The van der Waals surface area contributed by atoms with Crippen LogP contribution in [0.2, 0.25) is 0 Å². The molecule has 1 amide bonds. The zero-order valence-electron chi connectivity index (χ0n) is 12.8. The Labute approximate surface area is 143 Å². The van der Waals surface area contributed by atoms with E-state index in [9.17, 15) is 31.5 Å². The number of hydrogen-bond acceptors (Lipinski definition) is 4. The van der Waals surface area contributed by atoms with Crippen LogP contribution in [0, 0.1) is 29.1 Å². The molecule has 0 unspecified atom stereocenters. The molecule has 0 fully saturated rings. The van der Waals surface area contributed by atoms with Crippen LogP contribution in [-0.2, 0) is 16.1 Å². The minimum Gasteiger partial charge on any atom is -0.445 e. The Balaban J connectivity index is 1.90. The van der Waals surface area contributed by atoms with Gasteiger partial charge in [0.1, 0.15) is 13.2 Å². The Bertz CT molecular complexity index is 800. The van der Waals surface area contributed by atoms with E-state index < -0.39 is 53.4 Å². The second kappa shape index (κ2) is 8.28. The molecule has 0 spiro atoms. The van der Waals surface area contributed by atoms with Gasteiger partial charge >= 0.3 is 12.1 Å². The van der Waals surface area contributed by atoms with Crippen LogP contribution >= 0.6 is 0 Å². The fourth-order valence-electron chi connectivity index (χ4n) is 1.74. The molecule has 138 valence electrons. The van der Waals surface area contributed by atoms with Crippen molar-refractivity contribution in [2.45, 2.75) is 6.61 Å². The smallest absolute Gasteiger partial charge is 0.407 e. The third kappa shape index (κ3) is 4.47. The van der Waals surface area contributed by atoms with Gasteiger partial charge in [-0.25, -0.2) is 22.8 Å². The van der Waals surface area contributed by atoms with Gasteiger partial charge in [0, 0.05) is 0 Å². The number of carbonyl (C=O) groups is 2. The molecule has 0 aliphatic carbocycles. The van der Waals surface area contributed by atoms with Crippen molar-refractivity contribution in [3.05, 3.63) is 65.0 Å². The van der Waals surface area contributed by atoms with Crippen molar-refractivity contribution in [1.82, 2.24) is 5.32 Å². The Kier molecular flexibility index (Phi) is 6.10. The van der Waals surface area contributed by atoms with Crippen molar-refractivity contribution in [1.29, 1.82) is 0 Å². The van der Waals surface area contributed by atoms with Gasteiger partial charge in [-0.05, 0) is 5.56 Å². The van der Waals surface area contributed by atoms with Gasteiger partial charge in [0.05, 0.1) is 0 Å². The summed E-state index contributed by atoms with van der Waals surface area (Å²) < 4.78 is 74.4. The van der Waals surface area contributed by atoms with Crippen LogP contribution in [0.5, 0.6) is 5.75 Å². The minimum atomic E-state index is -2.39. The summed E-state index contributed by atoms with van der Waals surface area (Å²) in [5.41, 5.74) is 0.659. The van der Waals surface area contributed by atoms with Crippen molar-refractivity contribution in [3.8, 4) is 5.75 Å². The number of ether oxygens (including phenoxy) is 2. The molecule has 1 N–H and O–H groups in total. The highest BCUT2D eigenvalue weighted by atomic mass is 19.2. The number of halogens is 5. The first kappa shape index (κ1) is 19.2. The fourth-order valence-corrected chi connectivity index (χ4v) is 1.74. The molecule has 0 saturated heterocycles. The molecule has 2 aromatic carbocycles. The average molecular weight is 375 g/mol. The topological polar surface area (TPSA) is 64.6 Å². The van der Waals surface area contributed by atoms with Gasteiger partial charge in [0.2, 0.25) is 34.8 Å². The summed E-state index contributed by atoms with van der Waals surface area (Å²) in [6.07, 6.45) is -1.05. The van der Waals surface area contributed by atoms with Gasteiger partial charge in [0.15, 0.2) is 0 Å². The molecule has 0 aliphatic rings. The highest BCUT2D eigenvalue weighted by molar-refractivity contribution is 5.79. The summed E-state index contributed by atoms with van der Waals surface area (Å²) in [6.45, 7) is -1.04. The molecule has 0 bridgehead atoms. The Morgan fingerprint density at radius 3 is 1.96 bits per heavy atom. The monoisotopic (exact) mass is 375 g/mol. The van der Waals surface area contributed by atoms with Crippen LogP contribution < -0.4 is 10.1 Å². The van der Waals surface area contributed by atoms with Crippen molar-refractivity contribution in [2.75, 3.05) is 6.54 Å². The van der Waals surface area contributed by atoms with Crippen molar-refractivity contribution in [2.24, 2.45) is 0 Å². The molecule has 5 nitrogen and oxygen atoms in total. The summed E-state index contributed by atoms with van der Waals surface area (Å²) in [5.74, 6) is -14.7. The largest absolute Gasteiger partial charge is 0.445 e. The second-order valence-electron chi connectivity index (χ2n) is 4.79. The lowest BCUT2D eigenvalue weighted by Gasteiger charge is -2.10. The predicted octanol–water partition coefficient (Wildman–Crippen LogP) is 3.21. The van der Waals surface area contributed by atoms with E-state index in [1.807, 2.05) is 5.32 Å². The average Bonchev–Trinajstić information content (AvgIpc) is 2.65. The number of benzene rings is 2. The van der Waals surface area contributed by atoms with E-state index in [0.717, 1.165) is 0 Å². The number of hydrogen-bond donors (Lipinski definition) is 1. The fraction of sp³-hybridized carbons (Fsp3) is 0.125. The third-order valence-corrected chi connectivity index (χ3v) is 2.98. The Morgan fingerprint density at radius 1 is 0.846 bits per heavy atom. The van der Waals surface area contributed by atoms with Crippen molar-refractivity contribution in [3.63, 3.8) is 0 Å². The van der Waals surface area contributed by atoms with E-state index in [-0.39, 0.29) is 6.61 Å². The van der Waals surface area contributed by atoms with Crippen molar-refractivity contribution < 1.29 is 41.0 Å². The van der Waals surface area contributed by atoms with Gasteiger partial charge in [-0.3, -0.25) is 0 Å². The van der Waals surface area contributed by atoms with Crippen LogP contribution in [0.25, 0.3) is 0 Å². The van der Waals surface area contributed by atoms with E-state index in [2.05, 4.69) is 4.74 Å². The van der Waals surface area contributed by atoms with Crippen LogP contribution in [0.3, 0.4) is 0 Å². The molecule has 2 aromatic rings. The van der Waals surface area contributed by atoms with E-state index in [1.54, 1.807) is 30.3 Å². The van der Waals surface area contributed by atoms with Gasteiger partial charge in [0.25, 0.3) is 0 Å². The van der Waals surface area contributed by atoms with Crippen LogP contribution in [0.1, 0.15) is 5.56 Å². The molecule has 0 radical (unpaired) electrons. The molecule has 0 aliphatic heterocycles. The molecule has 0 heterocycles. The maximum Gasteiger partial charge on any atom is 0.407 e. The van der Waals surface area contributed by atoms with E-state index in [0.29, 0.717) is 5.56 Å².